The number of amides is 1. The van der Waals surface area contributed by atoms with E-state index in [9.17, 15) is 9.59 Å². The molecule has 3 aromatic carbocycles. The van der Waals surface area contributed by atoms with Crippen LogP contribution < -0.4 is 24.4 Å². The predicted molar refractivity (Wildman–Crippen MR) is 161 cm³/mol. The Hall–Kier alpha value is -4.26. The zero-order valence-electron chi connectivity index (χ0n) is 24.2. The van der Waals surface area contributed by atoms with E-state index in [2.05, 4.69) is 12.2 Å². The molecular weight excluding hydrogens is 516 g/mol. The fourth-order valence-electron chi connectivity index (χ4n) is 5.96. The molecule has 0 radical (unpaired) electrons. The fraction of sp³-hybridized carbons (Fsp3) is 0.353. The Morgan fingerprint density at radius 1 is 0.878 bits per heavy atom. The van der Waals surface area contributed by atoms with Crippen molar-refractivity contribution in [2.75, 3.05) is 31.5 Å². The molecule has 0 saturated carbocycles. The molecule has 0 fully saturated rings. The number of nitrogens with zero attached hydrogens (tertiary/aromatic N) is 1. The molecule has 2 aliphatic rings. The average Bonchev–Trinajstić information content (AvgIpc) is 3.15. The second kappa shape index (κ2) is 12.5. The van der Waals surface area contributed by atoms with Crippen LogP contribution in [0.3, 0.4) is 0 Å². The lowest BCUT2D eigenvalue weighted by atomic mass is 9.78. The SMILES string of the molecule is CCCCCC(=O)N1c2ccccc2NC2=C(C(=O)C[C@@H](c3ccc(OC)c(OC)c3)C2)[C@@H]1c1ccc(OC)cc1. The third kappa shape index (κ3) is 5.67. The molecule has 0 unspecified atom stereocenters. The minimum absolute atomic E-state index is 0.0112. The quantitative estimate of drug-likeness (QED) is 0.282. The van der Waals surface area contributed by atoms with E-state index < -0.39 is 6.04 Å². The van der Waals surface area contributed by atoms with Crippen LogP contribution >= 0.6 is 0 Å². The first kappa shape index (κ1) is 28.3. The number of ether oxygens (including phenoxy) is 3. The van der Waals surface area contributed by atoms with Crippen molar-refractivity contribution in [3.05, 3.63) is 89.1 Å². The van der Waals surface area contributed by atoms with Crippen LogP contribution in [0.5, 0.6) is 17.2 Å². The number of allylic oxidation sites excluding steroid dienone is 1. The summed E-state index contributed by atoms with van der Waals surface area (Å²) in [6.07, 6.45) is 4.18. The summed E-state index contributed by atoms with van der Waals surface area (Å²) in [7, 11) is 4.86. The van der Waals surface area contributed by atoms with Crippen molar-refractivity contribution in [1.29, 1.82) is 0 Å². The Bertz CT molecular complexity index is 1450. The molecule has 2 atom stereocenters. The van der Waals surface area contributed by atoms with Gasteiger partial charge in [-0.05, 0) is 66.3 Å². The van der Waals surface area contributed by atoms with Gasteiger partial charge in [0.15, 0.2) is 17.3 Å². The molecule has 0 saturated heterocycles. The number of anilines is 2. The summed E-state index contributed by atoms with van der Waals surface area (Å²) < 4.78 is 16.4. The maximum atomic E-state index is 14.2. The molecule has 1 N–H and O–H groups in total. The summed E-state index contributed by atoms with van der Waals surface area (Å²) in [5.74, 6) is 1.99. The molecule has 0 bridgehead atoms. The van der Waals surface area contributed by atoms with Gasteiger partial charge >= 0.3 is 0 Å². The Morgan fingerprint density at radius 3 is 2.32 bits per heavy atom. The monoisotopic (exact) mass is 554 g/mol. The molecule has 7 heteroatoms. The van der Waals surface area contributed by atoms with E-state index in [1.54, 1.807) is 21.3 Å². The second-order valence-corrected chi connectivity index (χ2v) is 10.6. The first-order valence-electron chi connectivity index (χ1n) is 14.3. The minimum atomic E-state index is -0.556. The molecule has 3 aromatic rings. The van der Waals surface area contributed by atoms with Gasteiger partial charge in [-0.3, -0.25) is 14.5 Å². The van der Waals surface area contributed by atoms with Crippen molar-refractivity contribution in [1.82, 2.24) is 0 Å². The summed E-state index contributed by atoms with van der Waals surface area (Å²) in [5.41, 5.74) is 4.97. The van der Waals surface area contributed by atoms with Gasteiger partial charge in [-0.1, -0.05) is 50.1 Å². The molecule has 0 aromatic heterocycles. The number of fused-ring (bicyclic) bond motifs is 1. The Kier molecular flexibility index (Phi) is 8.62. The standard InChI is InChI=1S/C34H38N2O5/c1-5-6-7-12-32(38)36-28-11-9-8-10-26(28)35-27-19-24(23-15-18-30(40-3)31(21-23)41-4)20-29(37)33(27)34(36)22-13-16-25(39-2)17-14-22/h8-11,13-18,21,24,34-35H,5-7,12,19-20H2,1-4H3/t24-,34-/m0/s1. The highest BCUT2D eigenvalue weighted by Gasteiger charge is 2.41. The van der Waals surface area contributed by atoms with E-state index in [0.717, 1.165) is 53.2 Å². The highest BCUT2D eigenvalue weighted by molar-refractivity contribution is 6.06. The molecule has 214 valence electrons. The molecule has 1 aliphatic carbocycles. The summed E-state index contributed by atoms with van der Waals surface area (Å²) in [6.45, 7) is 2.13. The molecular formula is C34H38N2O5. The van der Waals surface area contributed by atoms with Crippen molar-refractivity contribution in [2.45, 2.75) is 57.4 Å². The number of para-hydroxylation sites is 2. The smallest absolute Gasteiger partial charge is 0.227 e. The Labute approximate surface area is 242 Å². The Morgan fingerprint density at radius 2 is 1.61 bits per heavy atom. The van der Waals surface area contributed by atoms with Crippen LogP contribution in [0.15, 0.2) is 78.0 Å². The van der Waals surface area contributed by atoms with Crippen LogP contribution in [-0.2, 0) is 9.59 Å². The molecule has 41 heavy (non-hydrogen) atoms. The lowest BCUT2D eigenvalue weighted by molar-refractivity contribution is -0.119. The first-order valence-corrected chi connectivity index (χ1v) is 14.3. The van der Waals surface area contributed by atoms with Crippen LogP contribution in [0, 0.1) is 0 Å². The molecule has 1 amide bonds. The number of nitrogens with one attached hydrogen (secondary N) is 1. The summed E-state index contributed by atoms with van der Waals surface area (Å²) in [4.78, 5) is 30.1. The minimum Gasteiger partial charge on any atom is -0.497 e. The van der Waals surface area contributed by atoms with Crippen molar-refractivity contribution >= 4 is 23.1 Å². The van der Waals surface area contributed by atoms with Gasteiger partial charge in [0.2, 0.25) is 5.91 Å². The summed E-state index contributed by atoms with van der Waals surface area (Å²) in [6, 6.07) is 20.8. The molecule has 7 nitrogen and oxygen atoms in total. The van der Waals surface area contributed by atoms with E-state index >= 15 is 0 Å². The average molecular weight is 555 g/mol. The van der Waals surface area contributed by atoms with Gasteiger partial charge in [0, 0.05) is 24.1 Å². The number of hydrogen-bond donors (Lipinski definition) is 1. The van der Waals surface area contributed by atoms with Gasteiger partial charge in [0.1, 0.15) is 5.75 Å². The first-order chi connectivity index (χ1) is 20.0. The predicted octanol–water partition coefficient (Wildman–Crippen LogP) is 7.19. The Balaban J connectivity index is 1.64. The maximum Gasteiger partial charge on any atom is 0.227 e. The number of carbonyl (C=O) groups is 2. The van der Waals surface area contributed by atoms with E-state index in [1.165, 1.54) is 0 Å². The van der Waals surface area contributed by atoms with Gasteiger partial charge in [-0.2, -0.15) is 0 Å². The van der Waals surface area contributed by atoms with E-state index in [-0.39, 0.29) is 17.6 Å². The van der Waals surface area contributed by atoms with Gasteiger partial charge in [0.05, 0.1) is 38.7 Å². The maximum absolute atomic E-state index is 14.2. The van der Waals surface area contributed by atoms with Crippen molar-refractivity contribution in [3.8, 4) is 17.2 Å². The topological polar surface area (TPSA) is 77.1 Å². The summed E-state index contributed by atoms with van der Waals surface area (Å²) >= 11 is 0. The number of unbranched alkanes of at least 4 members (excludes halogenated alkanes) is 2. The highest BCUT2D eigenvalue weighted by atomic mass is 16.5. The van der Waals surface area contributed by atoms with Crippen molar-refractivity contribution < 1.29 is 23.8 Å². The van der Waals surface area contributed by atoms with Crippen molar-refractivity contribution in [2.24, 2.45) is 0 Å². The highest BCUT2D eigenvalue weighted by Crippen LogP contribution is 2.48. The number of carbonyl (C=O) groups excluding carboxylic acids is 2. The lowest BCUT2D eigenvalue weighted by Crippen LogP contribution is -2.38. The van der Waals surface area contributed by atoms with E-state index in [1.807, 2.05) is 71.6 Å². The number of benzene rings is 3. The van der Waals surface area contributed by atoms with Crippen molar-refractivity contribution in [3.63, 3.8) is 0 Å². The largest absolute Gasteiger partial charge is 0.497 e. The number of rotatable bonds is 9. The molecule has 1 heterocycles. The van der Waals surface area contributed by atoms with Gasteiger partial charge in [-0.15, -0.1) is 0 Å². The molecule has 0 spiro atoms. The third-order valence-corrected chi connectivity index (χ3v) is 8.06. The normalized spacial score (nSPS) is 18.1. The number of hydrogen-bond acceptors (Lipinski definition) is 6. The van der Waals surface area contributed by atoms with Crippen LogP contribution in [0.25, 0.3) is 0 Å². The summed E-state index contributed by atoms with van der Waals surface area (Å²) in [5, 5.41) is 3.60. The third-order valence-electron chi connectivity index (χ3n) is 8.06. The number of Topliss-reactive ketones (excluding diaryl/α,β-unsaturated/α-hetero) is 1. The zero-order chi connectivity index (χ0) is 28.9. The number of methoxy groups -OCH3 is 3. The molecule has 5 rings (SSSR count). The zero-order valence-corrected chi connectivity index (χ0v) is 24.2. The second-order valence-electron chi connectivity index (χ2n) is 10.6. The van der Waals surface area contributed by atoms with Crippen LogP contribution in [0.1, 0.15) is 68.5 Å². The van der Waals surface area contributed by atoms with Crippen LogP contribution in [0.4, 0.5) is 11.4 Å². The van der Waals surface area contributed by atoms with Gasteiger partial charge < -0.3 is 19.5 Å². The van der Waals surface area contributed by atoms with Crippen LogP contribution in [-0.4, -0.2) is 33.0 Å². The lowest BCUT2D eigenvalue weighted by Gasteiger charge is -2.35. The van der Waals surface area contributed by atoms with E-state index in [0.29, 0.717) is 36.3 Å². The van der Waals surface area contributed by atoms with Gasteiger partial charge in [0.25, 0.3) is 0 Å². The number of ketones is 1. The van der Waals surface area contributed by atoms with Crippen LogP contribution in [0.2, 0.25) is 0 Å². The fourth-order valence-corrected chi connectivity index (χ4v) is 5.96. The molecule has 1 aliphatic heterocycles. The van der Waals surface area contributed by atoms with E-state index in [4.69, 9.17) is 14.2 Å². The van der Waals surface area contributed by atoms with Gasteiger partial charge in [-0.25, -0.2) is 0 Å².